The van der Waals surface area contributed by atoms with E-state index in [-0.39, 0.29) is 30.3 Å². The highest BCUT2D eigenvalue weighted by Crippen LogP contribution is 2.41. The number of morpholine rings is 1. The molecule has 326 valence electrons. The van der Waals surface area contributed by atoms with Crippen molar-refractivity contribution in [3.63, 3.8) is 0 Å². The van der Waals surface area contributed by atoms with E-state index in [2.05, 4.69) is 77.9 Å². The minimum Gasteiger partial charge on any atom is -0.508 e. The Bertz CT molecular complexity index is 2210. The summed E-state index contributed by atoms with van der Waals surface area (Å²) < 4.78 is 12.1. The molecular formula is C52H60N2O7S. The summed E-state index contributed by atoms with van der Waals surface area (Å²) in [6.07, 6.45) is 32.0. The number of fused-ring (bicyclic) bond motifs is 1. The third-order valence-electron chi connectivity index (χ3n) is 10.2. The van der Waals surface area contributed by atoms with E-state index in [1.54, 1.807) is 30.3 Å². The van der Waals surface area contributed by atoms with Crippen LogP contribution in [0.3, 0.4) is 0 Å². The van der Waals surface area contributed by atoms with E-state index in [9.17, 15) is 24.6 Å². The van der Waals surface area contributed by atoms with Crippen molar-refractivity contribution >= 4 is 39.1 Å². The molecule has 2 heterocycles. The number of carboxylic acids is 1. The number of hydrogen-bond acceptors (Lipinski definition) is 8. The van der Waals surface area contributed by atoms with Crippen LogP contribution < -0.4 is 10.1 Å². The predicted octanol–water partition coefficient (Wildman–Crippen LogP) is 10.8. The molecule has 1 aromatic heterocycles. The standard InChI is InChI=1S/C52H60N2O7S/c1-2-3-4-5-6-7-8-9-10-11-12-13-14-15-16-17-18-19-20-21-48(56)53-46(52(58)59)38-40-22-24-42(25-23-40)51-49(45-31-28-43(55)39-47(45)62-51)50(57)41-26-29-44(30-27-41)61-37-34-54-32-35-60-36-33-54/h3-4,6-7,9-10,12-13,15-16,18-19,22-31,39,46,55H,2,5,8,11,14,17,20-21,32-38H2,1H3,(H,53,56)(H,58,59). The summed E-state index contributed by atoms with van der Waals surface area (Å²) in [7, 11) is 0. The van der Waals surface area contributed by atoms with E-state index in [0.29, 0.717) is 29.9 Å². The van der Waals surface area contributed by atoms with Gasteiger partial charge in [-0.25, -0.2) is 4.79 Å². The molecule has 1 fully saturated rings. The largest absolute Gasteiger partial charge is 0.508 e. The maximum absolute atomic E-state index is 14.1. The molecule has 9 nitrogen and oxygen atoms in total. The Labute approximate surface area is 370 Å². The van der Waals surface area contributed by atoms with Gasteiger partial charge in [-0.2, -0.15) is 0 Å². The average Bonchev–Trinajstić information content (AvgIpc) is 3.66. The molecule has 62 heavy (non-hydrogen) atoms. The summed E-state index contributed by atoms with van der Waals surface area (Å²) in [5.41, 5.74) is 2.56. The summed E-state index contributed by atoms with van der Waals surface area (Å²) >= 11 is 1.41. The molecule has 5 rings (SSSR count). The topological polar surface area (TPSA) is 125 Å². The van der Waals surface area contributed by atoms with E-state index >= 15 is 0 Å². The summed E-state index contributed by atoms with van der Waals surface area (Å²) in [6.45, 7) is 6.73. The highest BCUT2D eigenvalue weighted by molar-refractivity contribution is 7.22. The number of thiophene rings is 1. The maximum Gasteiger partial charge on any atom is 0.326 e. The lowest BCUT2D eigenvalue weighted by atomic mass is 9.96. The Morgan fingerprint density at radius 3 is 1.98 bits per heavy atom. The van der Waals surface area contributed by atoms with Crippen molar-refractivity contribution in [2.75, 3.05) is 39.5 Å². The van der Waals surface area contributed by atoms with E-state index in [4.69, 9.17) is 9.47 Å². The number of amides is 1. The molecule has 1 saturated heterocycles. The molecule has 0 radical (unpaired) electrons. The third-order valence-corrected chi connectivity index (χ3v) is 11.4. The maximum atomic E-state index is 14.1. The molecular weight excluding hydrogens is 797 g/mol. The van der Waals surface area contributed by atoms with Crippen molar-refractivity contribution < 1.29 is 34.1 Å². The second kappa shape index (κ2) is 26.5. The summed E-state index contributed by atoms with van der Waals surface area (Å²) in [6, 6.07) is 18.5. The fourth-order valence-electron chi connectivity index (χ4n) is 6.83. The first-order valence-corrected chi connectivity index (χ1v) is 22.5. The highest BCUT2D eigenvalue weighted by atomic mass is 32.1. The van der Waals surface area contributed by atoms with Gasteiger partial charge in [-0.15, -0.1) is 11.3 Å². The third kappa shape index (κ3) is 15.9. The Kier molecular flexibility index (Phi) is 20.2. The highest BCUT2D eigenvalue weighted by Gasteiger charge is 2.23. The Balaban J connectivity index is 1.08. The van der Waals surface area contributed by atoms with Crippen LogP contribution in [0.2, 0.25) is 0 Å². The minimum absolute atomic E-state index is 0.105. The van der Waals surface area contributed by atoms with Crippen molar-refractivity contribution in [1.82, 2.24) is 10.2 Å². The number of rotatable bonds is 25. The number of carbonyl (C=O) groups excluding carboxylic acids is 2. The average molecular weight is 857 g/mol. The molecule has 0 bridgehead atoms. The lowest BCUT2D eigenvalue weighted by Gasteiger charge is -2.26. The first kappa shape index (κ1) is 47.2. The van der Waals surface area contributed by atoms with Crippen LogP contribution in [0.1, 0.15) is 79.8 Å². The van der Waals surface area contributed by atoms with E-state index in [1.165, 1.54) is 11.3 Å². The van der Waals surface area contributed by atoms with Crippen LogP contribution >= 0.6 is 11.3 Å². The number of ketones is 1. The first-order valence-electron chi connectivity index (χ1n) is 21.7. The fraction of sp³-hybridized carbons (Fsp3) is 0.327. The number of phenolic OH excluding ortho intramolecular Hbond substituents is 1. The number of ether oxygens (including phenoxy) is 2. The van der Waals surface area contributed by atoms with Crippen molar-refractivity contribution in [3.8, 4) is 21.9 Å². The molecule has 3 N–H and O–H groups in total. The molecule has 1 atom stereocenters. The molecule has 1 amide bonds. The second-order valence-electron chi connectivity index (χ2n) is 15.0. The number of phenols is 1. The van der Waals surface area contributed by atoms with Gasteiger partial charge in [0.25, 0.3) is 0 Å². The predicted molar refractivity (Wildman–Crippen MR) is 252 cm³/mol. The van der Waals surface area contributed by atoms with Crippen molar-refractivity contribution in [2.24, 2.45) is 0 Å². The molecule has 10 heteroatoms. The van der Waals surface area contributed by atoms with Crippen molar-refractivity contribution in [2.45, 2.75) is 70.8 Å². The zero-order chi connectivity index (χ0) is 43.8. The lowest BCUT2D eigenvalue weighted by Crippen LogP contribution is -2.42. The SMILES string of the molecule is CCC=CCC=CCC=CCC=CCC=CCC=CCCC(=O)NC(Cc1ccc(-c2sc3cc(O)ccc3c2C(=O)c2ccc(OCCN3CCOCC3)cc2)cc1)C(=O)O. The number of aliphatic carboxylic acids is 1. The number of allylic oxidation sites excluding steroid dienone is 12. The van der Waals surface area contributed by atoms with Crippen LogP contribution in [-0.2, 0) is 20.7 Å². The van der Waals surface area contributed by atoms with Gasteiger partial charge >= 0.3 is 5.97 Å². The van der Waals surface area contributed by atoms with Crippen molar-refractivity contribution in [3.05, 3.63) is 156 Å². The quantitative estimate of drug-likeness (QED) is 0.0444. The summed E-state index contributed by atoms with van der Waals surface area (Å²) in [4.78, 5) is 42.1. The minimum atomic E-state index is -1.11. The molecule has 1 aliphatic rings. The Hall–Kier alpha value is -5.81. The van der Waals surface area contributed by atoms with Crippen LogP contribution in [0.15, 0.2) is 140 Å². The van der Waals surface area contributed by atoms with Crippen LogP contribution in [0.25, 0.3) is 20.5 Å². The molecule has 1 unspecified atom stereocenters. The van der Waals surface area contributed by atoms with Crippen LogP contribution in [-0.4, -0.2) is 78.3 Å². The molecule has 0 saturated carbocycles. The molecule has 1 aliphatic heterocycles. The molecule has 3 aromatic carbocycles. The zero-order valence-corrected chi connectivity index (χ0v) is 36.6. The van der Waals surface area contributed by atoms with Gasteiger partial charge in [0.1, 0.15) is 24.1 Å². The number of hydrogen-bond donors (Lipinski definition) is 3. The first-order chi connectivity index (χ1) is 30.3. The number of benzene rings is 3. The number of nitrogens with zero attached hydrogens (tertiary/aromatic N) is 1. The summed E-state index contributed by atoms with van der Waals surface area (Å²) in [5, 5.41) is 23.6. The Morgan fingerprint density at radius 1 is 0.790 bits per heavy atom. The smallest absolute Gasteiger partial charge is 0.326 e. The van der Waals surface area contributed by atoms with E-state index < -0.39 is 12.0 Å². The lowest BCUT2D eigenvalue weighted by molar-refractivity contribution is -0.141. The van der Waals surface area contributed by atoms with E-state index in [0.717, 1.165) is 97.5 Å². The summed E-state index contributed by atoms with van der Waals surface area (Å²) in [5.74, 6) is -0.790. The van der Waals surface area contributed by atoms with Gasteiger partial charge in [0.05, 0.1) is 13.2 Å². The van der Waals surface area contributed by atoms with Gasteiger partial charge in [0.15, 0.2) is 5.78 Å². The molecule has 0 aliphatic carbocycles. The Morgan fingerprint density at radius 2 is 1.39 bits per heavy atom. The van der Waals surface area contributed by atoms with Gasteiger partial charge in [0.2, 0.25) is 5.91 Å². The van der Waals surface area contributed by atoms with Crippen molar-refractivity contribution in [1.29, 1.82) is 0 Å². The van der Waals surface area contributed by atoms with Crippen LogP contribution in [0.5, 0.6) is 11.5 Å². The van der Waals surface area contributed by atoms with Gasteiger partial charge < -0.3 is 25.0 Å². The van der Waals surface area contributed by atoms with Gasteiger partial charge in [-0.1, -0.05) is 104 Å². The van der Waals surface area contributed by atoms with E-state index in [1.807, 2.05) is 48.6 Å². The monoisotopic (exact) mass is 856 g/mol. The number of aromatic hydroxyl groups is 1. The molecule has 4 aromatic rings. The number of nitrogens with one attached hydrogen (secondary N) is 1. The molecule has 0 spiro atoms. The van der Waals surface area contributed by atoms with Crippen LogP contribution in [0.4, 0.5) is 0 Å². The van der Waals surface area contributed by atoms with Gasteiger partial charge in [0, 0.05) is 58.6 Å². The fourth-order valence-corrected chi connectivity index (χ4v) is 8.07. The van der Waals surface area contributed by atoms with Crippen LogP contribution in [0, 0.1) is 0 Å². The second-order valence-corrected chi connectivity index (χ2v) is 16.0. The normalized spacial score (nSPS) is 14.4. The number of carboxylic acid groups (broad SMARTS) is 1. The number of carbonyl (C=O) groups is 3. The zero-order valence-electron chi connectivity index (χ0n) is 35.8. The van der Waals surface area contributed by atoms with Gasteiger partial charge in [-0.05, 0) is 98.5 Å². The van der Waals surface area contributed by atoms with Gasteiger partial charge in [-0.3, -0.25) is 14.5 Å².